The first kappa shape index (κ1) is 43.8. The van der Waals surface area contributed by atoms with Crippen LogP contribution in [0.15, 0.2) is 78.9 Å². The molecule has 1 atom stereocenters. The number of nitrogens with two attached hydrogens (primary N) is 1. The zero-order valence-electron chi connectivity index (χ0n) is 36.9. The molecule has 16 nitrogen and oxygen atoms in total. The molecule has 5 fully saturated rings. The number of phenolic OH excluding ortho intramolecular Hbond substituents is 1. The SMILES string of the molecule is CN(C(=O)c1cc(N2CCC(OCCN3CCC4(C3)CN(C(=O)C3(c5ccccc5)CCN(c5cc(-c6ccccc6O)nnc5N)CC3)C4)CC2)ccc1C=O)C1CCC(=O)NC1=O. The lowest BCUT2D eigenvalue weighted by Gasteiger charge is -2.53. The fraction of sp³-hybridized carbons (Fsp3) is 0.449. The van der Waals surface area contributed by atoms with Crippen LogP contribution in [-0.2, 0) is 24.5 Å². The Morgan fingerprint density at radius 3 is 2.35 bits per heavy atom. The van der Waals surface area contributed by atoms with Crippen LogP contribution in [0, 0.1) is 5.41 Å². The summed E-state index contributed by atoms with van der Waals surface area (Å²) in [5.74, 6) is -0.666. The Balaban J connectivity index is 0.754. The molecule has 9 rings (SSSR count). The van der Waals surface area contributed by atoms with Crippen LogP contribution in [0.4, 0.5) is 17.2 Å². The third-order valence-electron chi connectivity index (χ3n) is 14.5. The summed E-state index contributed by atoms with van der Waals surface area (Å²) in [7, 11) is 1.53. The average molecular weight is 884 g/mol. The van der Waals surface area contributed by atoms with E-state index in [0.29, 0.717) is 55.9 Å². The minimum Gasteiger partial charge on any atom is -0.507 e. The number of aromatic nitrogens is 2. The number of carbonyl (C=O) groups is 5. The molecule has 5 aliphatic heterocycles. The van der Waals surface area contributed by atoms with E-state index in [9.17, 15) is 29.1 Å². The first-order valence-corrected chi connectivity index (χ1v) is 22.8. The van der Waals surface area contributed by atoms with E-state index in [2.05, 4.69) is 47.2 Å². The monoisotopic (exact) mass is 883 g/mol. The number of nitrogen functional groups attached to an aromatic ring is 1. The number of phenols is 1. The minimum atomic E-state index is -0.782. The third kappa shape index (κ3) is 8.76. The number of likely N-dealkylation sites (tertiary alicyclic amines) is 2. The molecule has 4 aromatic rings. The number of aldehydes is 1. The highest BCUT2D eigenvalue weighted by atomic mass is 16.5. The second kappa shape index (κ2) is 18.2. The molecule has 4 N–H and O–H groups in total. The Labute approximate surface area is 378 Å². The van der Waals surface area contributed by atoms with Gasteiger partial charge in [-0.2, -0.15) is 0 Å². The van der Waals surface area contributed by atoms with Gasteiger partial charge in [-0.05, 0) is 87.0 Å². The topological polar surface area (TPSA) is 195 Å². The van der Waals surface area contributed by atoms with Crippen LogP contribution in [-0.4, -0.2) is 145 Å². The smallest absolute Gasteiger partial charge is 0.255 e. The third-order valence-corrected chi connectivity index (χ3v) is 14.5. The molecule has 340 valence electrons. The largest absolute Gasteiger partial charge is 0.507 e. The Morgan fingerprint density at radius 2 is 1.63 bits per heavy atom. The highest BCUT2D eigenvalue weighted by molar-refractivity contribution is 6.06. The molecule has 0 saturated carbocycles. The quantitative estimate of drug-likeness (QED) is 0.137. The number of amides is 4. The maximum atomic E-state index is 14.7. The predicted molar refractivity (Wildman–Crippen MR) is 244 cm³/mol. The van der Waals surface area contributed by atoms with Crippen LogP contribution < -0.4 is 20.9 Å². The van der Waals surface area contributed by atoms with Crippen molar-refractivity contribution < 1.29 is 33.8 Å². The summed E-state index contributed by atoms with van der Waals surface area (Å²) in [6, 6.07) is 23.5. The van der Waals surface area contributed by atoms with Crippen molar-refractivity contribution in [3.05, 3.63) is 95.6 Å². The molecule has 1 spiro atoms. The number of likely N-dealkylation sites (N-methyl/N-ethyl adjacent to an activating group) is 1. The summed E-state index contributed by atoms with van der Waals surface area (Å²) in [5, 5.41) is 21.3. The van der Waals surface area contributed by atoms with Crippen LogP contribution in [0.3, 0.4) is 0 Å². The van der Waals surface area contributed by atoms with Crippen molar-refractivity contribution in [2.75, 3.05) is 88.1 Å². The lowest BCUT2D eigenvalue weighted by molar-refractivity contribution is -0.150. The molecule has 5 aliphatic rings. The molecule has 1 aromatic heterocycles. The number of rotatable bonds is 12. The van der Waals surface area contributed by atoms with Gasteiger partial charge in [-0.25, -0.2) is 0 Å². The van der Waals surface area contributed by atoms with Crippen molar-refractivity contribution in [3.63, 3.8) is 0 Å². The molecule has 4 amide bonds. The molecule has 65 heavy (non-hydrogen) atoms. The summed E-state index contributed by atoms with van der Waals surface area (Å²) in [6.07, 6.45) is 5.11. The highest BCUT2D eigenvalue weighted by Gasteiger charge is 2.54. The number of benzene rings is 3. The summed E-state index contributed by atoms with van der Waals surface area (Å²) in [6.45, 7) is 7.57. The number of piperidine rings is 3. The Kier molecular flexibility index (Phi) is 12.3. The fourth-order valence-electron chi connectivity index (χ4n) is 10.7. The normalized spacial score (nSPS) is 20.9. The van der Waals surface area contributed by atoms with E-state index in [0.717, 1.165) is 82.0 Å². The fourth-order valence-corrected chi connectivity index (χ4v) is 10.7. The number of carbonyl (C=O) groups excluding carboxylic acids is 5. The van der Waals surface area contributed by atoms with Gasteiger partial charge in [0.2, 0.25) is 17.7 Å². The molecule has 0 aliphatic carbocycles. The van der Waals surface area contributed by atoms with Gasteiger partial charge in [-0.15, -0.1) is 10.2 Å². The summed E-state index contributed by atoms with van der Waals surface area (Å²) < 4.78 is 6.41. The van der Waals surface area contributed by atoms with Crippen LogP contribution in [0.25, 0.3) is 11.3 Å². The lowest BCUT2D eigenvalue weighted by atomic mass is 9.69. The van der Waals surface area contributed by atoms with Crippen molar-refractivity contribution in [2.24, 2.45) is 5.41 Å². The molecule has 16 heteroatoms. The van der Waals surface area contributed by atoms with E-state index in [4.69, 9.17) is 10.5 Å². The number of anilines is 3. The maximum Gasteiger partial charge on any atom is 0.255 e. The second-order valence-electron chi connectivity index (χ2n) is 18.5. The highest BCUT2D eigenvalue weighted by Crippen LogP contribution is 2.46. The number of nitrogens with zero attached hydrogens (tertiary/aromatic N) is 7. The van der Waals surface area contributed by atoms with Gasteiger partial charge in [0.1, 0.15) is 11.8 Å². The first-order chi connectivity index (χ1) is 31.5. The standard InChI is InChI=1S/C49H57N9O7/c1-54(40-13-14-43(61)51-45(40)62)46(63)38-27-35(12-11-33(38)29-59)56-20-15-36(16-21-56)65-26-25-55-22-17-48(30-55)31-58(32-48)47(64)49(34-7-3-2-4-8-34)18-23-57(24-19-49)41-28-39(52-53-44(41)50)37-9-5-6-10-42(37)60/h2-12,27-29,36,40,60H,13-26,30-32H2,1H3,(H2,50,53)(H,51,61,62). The summed E-state index contributed by atoms with van der Waals surface area (Å²) in [5.41, 5.74) is 10.0. The number of hydrogen-bond donors (Lipinski definition) is 3. The Hall–Kier alpha value is -6.39. The predicted octanol–water partition coefficient (Wildman–Crippen LogP) is 3.88. The Morgan fingerprint density at radius 1 is 0.892 bits per heavy atom. The summed E-state index contributed by atoms with van der Waals surface area (Å²) in [4.78, 5) is 74.5. The molecule has 0 bridgehead atoms. The van der Waals surface area contributed by atoms with E-state index < -0.39 is 23.3 Å². The van der Waals surface area contributed by atoms with E-state index >= 15 is 0 Å². The maximum absolute atomic E-state index is 14.7. The van der Waals surface area contributed by atoms with Crippen LogP contribution in [0.1, 0.15) is 71.2 Å². The minimum absolute atomic E-state index is 0.0897. The molecule has 5 saturated heterocycles. The van der Waals surface area contributed by atoms with Gasteiger partial charge in [0.05, 0.1) is 35.1 Å². The average Bonchev–Trinajstić information content (AvgIpc) is 3.76. The molecule has 6 heterocycles. The van der Waals surface area contributed by atoms with Crippen LogP contribution >= 0.6 is 0 Å². The van der Waals surface area contributed by atoms with Gasteiger partial charge in [0.15, 0.2) is 12.1 Å². The van der Waals surface area contributed by atoms with E-state index in [1.54, 1.807) is 30.3 Å². The lowest BCUT2D eigenvalue weighted by Crippen LogP contribution is -2.64. The van der Waals surface area contributed by atoms with Gasteiger partial charge < -0.3 is 40.1 Å². The van der Waals surface area contributed by atoms with Crippen molar-refractivity contribution in [1.29, 1.82) is 0 Å². The van der Waals surface area contributed by atoms with Gasteiger partial charge in [0, 0.05) is 88.1 Å². The molecule has 3 aromatic carbocycles. The van der Waals surface area contributed by atoms with Crippen LogP contribution in [0.5, 0.6) is 5.75 Å². The summed E-state index contributed by atoms with van der Waals surface area (Å²) >= 11 is 0. The molecular formula is C49H57N9O7. The number of nitrogens with one attached hydrogen (secondary N) is 1. The van der Waals surface area contributed by atoms with Crippen molar-refractivity contribution in [1.82, 2.24) is 30.2 Å². The molecule has 0 radical (unpaired) electrons. The zero-order chi connectivity index (χ0) is 45.3. The van der Waals surface area contributed by atoms with E-state index in [1.807, 2.05) is 36.4 Å². The molecule has 1 unspecified atom stereocenters. The van der Waals surface area contributed by atoms with Gasteiger partial charge in [0.25, 0.3) is 5.91 Å². The van der Waals surface area contributed by atoms with E-state index in [-0.39, 0.29) is 53.1 Å². The molecular weight excluding hydrogens is 827 g/mol. The van der Waals surface area contributed by atoms with Gasteiger partial charge in [-0.3, -0.25) is 29.3 Å². The number of para-hydroxylation sites is 1. The van der Waals surface area contributed by atoms with E-state index in [1.165, 1.54) is 11.9 Å². The second-order valence-corrected chi connectivity index (χ2v) is 18.5. The van der Waals surface area contributed by atoms with Crippen LogP contribution in [0.2, 0.25) is 0 Å². The Bertz CT molecular complexity index is 2450. The van der Waals surface area contributed by atoms with Crippen molar-refractivity contribution >= 4 is 47.1 Å². The zero-order valence-corrected chi connectivity index (χ0v) is 36.9. The number of aromatic hydroxyl groups is 1. The van der Waals surface area contributed by atoms with Crippen molar-refractivity contribution in [3.8, 4) is 17.0 Å². The van der Waals surface area contributed by atoms with Gasteiger partial charge in [-0.1, -0.05) is 42.5 Å². The van der Waals surface area contributed by atoms with Gasteiger partial charge >= 0.3 is 0 Å². The number of hydrogen-bond acceptors (Lipinski definition) is 13. The number of imide groups is 1. The first-order valence-electron chi connectivity index (χ1n) is 22.8. The van der Waals surface area contributed by atoms with Crippen molar-refractivity contribution in [2.45, 2.75) is 62.5 Å². The number of ether oxygens (including phenoxy) is 1.